The van der Waals surface area contributed by atoms with E-state index in [2.05, 4.69) is 9.80 Å². The molecule has 0 aliphatic carbocycles. The largest absolute Gasteiger partial charge is 0.462 e. The van der Waals surface area contributed by atoms with E-state index in [4.69, 9.17) is 21.4 Å². The molecule has 0 bridgehead atoms. The number of allylic oxidation sites excluding steroid dienone is 2. The van der Waals surface area contributed by atoms with Crippen molar-refractivity contribution in [1.29, 1.82) is 5.26 Å². The smallest absolute Gasteiger partial charge is 0.348 e. The van der Waals surface area contributed by atoms with Gasteiger partial charge < -0.3 is 14.7 Å². The highest BCUT2D eigenvalue weighted by atomic mass is 35.5. The molecule has 1 fully saturated rings. The van der Waals surface area contributed by atoms with Crippen LogP contribution in [0.5, 0.6) is 0 Å². The fourth-order valence-corrected chi connectivity index (χ4v) is 3.01. The first-order chi connectivity index (χ1) is 13.1. The number of piperazine rings is 1. The van der Waals surface area contributed by atoms with Crippen molar-refractivity contribution < 1.29 is 14.6 Å². The minimum atomic E-state index is -0.625. The summed E-state index contributed by atoms with van der Waals surface area (Å²) < 4.78 is 4.91. The van der Waals surface area contributed by atoms with E-state index in [1.165, 1.54) is 6.08 Å². The molecule has 1 aliphatic heterocycles. The fraction of sp³-hybridized carbons (Fsp3) is 0.400. The zero-order valence-corrected chi connectivity index (χ0v) is 16.2. The van der Waals surface area contributed by atoms with Crippen LogP contribution in [0.4, 0.5) is 0 Å². The monoisotopic (exact) mass is 389 g/mol. The van der Waals surface area contributed by atoms with Crippen molar-refractivity contribution in [2.45, 2.75) is 6.92 Å². The molecule has 0 saturated carbocycles. The lowest BCUT2D eigenvalue weighted by Crippen LogP contribution is -2.46. The molecule has 1 aromatic carbocycles. The number of aliphatic hydroxyl groups is 1. The van der Waals surface area contributed by atoms with E-state index in [1.54, 1.807) is 13.0 Å². The molecule has 0 unspecified atom stereocenters. The first kappa shape index (κ1) is 21.0. The molecule has 0 aromatic heterocycles. The van der Waals surface area contributed by atoms with Crippen LogP contribution >= 0.6 is 11.6 Å². The summed E-state index contributed by atoms with van der Waals surface area (Å²) in [5.41, 5.74) is 1.82. The zero-order chi connectivity index (χ0) is 19.6. The maximum Gasteiger partial charge on any atom is 0.348 e. The number of esters is 1. The van der Waals surface area contributed by atoms with Gasteiger partial charge in [0.1, 0.15) is 11.6 Å². The summed E-state index contributed by atoms with van der Waals surface area (Å²) in [6, 6.07) is 9.35. The first-order valence-electron chi connectivity index (χ1n) is 8.92. The number of aliphatic hydroxyl groups excluding tert-OH is 1. The van der Waals surface area contributed by atoms with E-state index in [0.717, 1.165) is 37.4 Å². The topological polar surface area (TPSA) is 76.8 Å². The second kappa shape index (κ2) is 10.7. The number of β-amino-alcohol motifs (C(OH)–C–C–N with tert-alkyl or cyclic N) is 1. The minimum absolute atomic E-state index is 0.0396. The number of ether oxygens (including phenoxy) is 1. The molecule has 7 heteroatoms. The van der Waals surface area contributed by atoms with E-state index < -0.39 is 5.97 Å². The van der Waals surface area contributed by atoms with Gasteiger partial charge in [-0.05, 0) is 36.8 Å². The number of carbonyl (C=O) groups excluding carboxylic acids is 1. The van der Waals surface area contributed by atoms with Crippen LogP contribution in [-0.4, -0.2) is 66.8 Å². The molecule has 27 heavy (non-hydrogen) atoms. The van der Waals surface area contributed by atoms with Gasteiger partial charge in [-0.3, -0.25) is 4.90 Å². The predicted octanol–water partition coefficient (Wildman–Crippen LogP) is 2.30. The number of benzene rings is 1. The van der Waals surface area contributed by atoms with Crippen molar-refractivity contribution in [1.82, 2.24) is 9.80 Å². The average molecular weight is 390 g/mol. The van der Waals surface area contributed by atoms with Crippen LogP contribution in [0.2, 0.25) is 5.02 Å². The van der Waals surface area contributed by atoms with Gasteiger partial charge in [0.05, 0.1) is 13.2 Å². The van der Waals surface area contributed by atoms with Crippen molar-refractivity contribution in [3.63, 3.8) is 0 Å². The molecule has 1 heterocycles. The maximum atomic E-state index is 11.9. The van der Waals surface area contributed by atoms with Gasteiger partial charge in [-0.25, -0.2) is 4.79 Å². The number of nitriles is 1. The molecule has 2 rings (SSSR count). The lowest BCUT2D eigenvalue weighted by atomic mass is 10.1. The molecule has 0 amide bonds. The summed E-state index contributed by atoms with van der Waals surface area (Å²) in [5.74, 6) is -0.625. The van der Waals surface area contributed by atoms with E-state index in [0.29, 0.717) is 11.6 Å². The Morgan fingerprint density at radius 2 is 1.93 bits per heavy atom. The molecule has 1 aromatic rings. The molecule has 1 saturated heterocycles. The third-order valence-electron chi connectivity index (χ3n) is 4.29. The summed E-state index contributed by atoms with van der Waals surface area (Å²) in [6.07, 6.45) is 3.28. The zero-order valence-electron chi connectivity index (χ0n) is 15.4. The van der Waals surface area contributed by atoms with Gasteiger partial charge >= 0.3 is 5.97 Å². The van der Waals surface area contributed by atoms with Crippen LogP contribution in [0.3, 0.4) is 0 Å². The second-order valence-corrected chi connectivity index (χ2v) is 6.46. The normalized spacial score (nSPS) is 16.1. The van der Waals surface area contributed by atoms with Gasteiger partial charge in [-0.2, -0.15) is 5.26 Å². The Morgan fingerprint density at radius 1 is 1.26 bits per heavy atom. The van der Waals surface area contributed by atoms with E-state index in [-0.39, 0.29) is 18.8 Å². The van der Waals surface area contributed by atoms with Crippen molar-refractivity contribution >= 4 is 23.3 Å². The fourth-order valence-electron chi connectivity index (χ4n) is 2.88. The van der Waals surface area contributed by atoms with E-state index in [1.807, 2.05) is 30.3 Å². The van der Waals surface area contributed by atoms with Crippen LogP contribution in [-0.2, 0) is 9.53 Å². The number of hydrogen-bond acceptors (Lipinski definition) is 6. The Balaban J connectivity index is 2.29. The summed E-state index contributed by atoms with van der Waals surface area (Å²) in [6.45, 7) is 5.96. The van der Waals surface area contributed by atoms with E-state index >= 15 is 0 Å². The lowest BCUT2D eigenvalue weighted by Gasteiger charge is -2.37. The highest BCUT2D eigenvalue weighted by molar-refractivity contribution is 6.30. The first-order valence-corrected chi connectivity index (χ1v) is 9.30. The Hall–Kier alpha value is -2.33. The predicted molar refractivity (Wildman–Crippen MR) is 105 cm³/mol. The quantitative estimate of drug-likeness (QED) is 0.334. The highest BCUT2D eigenvalue weighted by Gasteiger charge is 2.19. The third-order valence-corrected chi connectivity index (χ3v) is 4.54. The lowest BCUT2D eigenvalue weighted by molar-refractivity contribution is -0.138. The summed E-state index contributed by atoms with van der Waals surface area (Å²) in [4.78, 5) is 16.3. The maximum absolute atomic E-state index is 11.9. The second-order valence-electron chi connectivity index (χ2n) is 6.02. The van der Waals surface area contributed by atoms with Crippen LogP contribution in [0, 0.1) is 11.3 Å². The Bertz CT molecular complexity index is 730. The number of rotatable bonds is 7. The van der Waals surface area contributed by atoms with Crippen molar-refractivity contribution in [3.05, 3.63) is 52.6 Å². The molecule has 0 atom stereocenters. The van der Waals surface area contributed by atoms with Gasteiger partial charge in [-0.15, -0.1) is 0 Å². The highest BCUT2D eigenvalue weighted by Crippen LogP contribution is 2.23. The molecular formula is C20H24ClN3O3. The van der Waals surface area contributed by atoms with E-state index in [9.17, 15) is 10.1 Å². The number of carbonyl (C=O) groups is 1. The number of halogens is 1. The molecule has 144 valence electrons. The van der Waals surface area contributed by atoms with Gasteiger partial charge in [0.2, 0.25) is 0 Å². The van der Waals surface area contributed by atoms with Crippen LogP contribution in [0.15, 0.2) is 42.0 Å². The van der Waals surface area contributed by atoms with Gasteiger partial charge in [-0.1, -0.05) is 23.7 Å². The Morgan fingerprint density at radius 3 is 2.48 bits per heavy atom. The van der Waals surface area contributed by atoms with Gasteiger partial charge in [0.15, 0.2) is 0 Å². The van der Waals surface area contributed by atoms with Crippen molar-refractivity contribution in [2.75, 3.05) is 45.9 Å². The van der Waals surface area contributed by atoms with Crippen LogP contribution < -0.4 is 0 Å². The number of nitrogens with zero attached hydrogens (tertiary/aromatic N) is 3. The average Bonchev–Trinajstić information content (AvgIpc) is 2.68. The van der Waals surface area contributed by atoms with Crippen molar-refractivity contribution in [2.24, 2.45) is 0 Å². The summed E-state index contributed by atoms with van der Waals surface area (Å²) in [5, 5.41) is 19.0. The Kier molecular flexibility index (Phi) is 8.34. The van der Waals surface area contributed by atoms with Crippen molar-refractivity contribution in [3.8, 4) is 6.07 Å². The molecule has 1 N–H and O–H groups in total. The molecule has 0 spiro atoms. The Labute approximate surface area is 164 Å². The standard InChI is InChI=1S/C20H24ClN3O3/c1-2-27-20(26)17(15-22)5-8-19(16-3-6-18(21)7-4-16)24-11-9-23(10-12-24)13-14-25/h3-8,25H,2,9-14H2,1H3. The summed E-state index contributed by atoms with van der Waals surface area (Å²) in [7, 11) is 0. The SMILES string of the molecule is CCOC(=O)C(C#N)=CC=C(c1ccc(Cl)cc1)N1CCN(CCO)CC1. The minimum Gasteiger partial charge on any atom is -0.462 e. The van der Waals surface area contributed by atoms with Crippen LogP contribution in [0.1, 0.15) is 12.5 Å². The summed E-state index contributed by atoms with van der Waals surface area (Å²) >= 11 is 6.00. The molecule has 0 radical (unpaired) electrons. The van der Waals surface area contributed by atoms with Gasteiger partial charge in [0, 0.05) is 43.4 Å². The third kappa shape index (κ3) is 6.10. The number of hydrogen-bond donors (Lipinski definition) is 1. The molecular weight excluding hydrogens is 366 g/mol. The molecule has 6 nitrogen and oxygen atoms in total. The van der Waals surface area contributed by atoms with Gasteiger partial charge in [0.25, 0.3) is 0 Å². The van der Waals surface area contributed by atoms with Crippen LogP contribution in [0.25, 0.3) is 5.70 Å². The molecule has 1 aliphatic rings.